The van der Waals surface area contributed by atoms with Gasteiger partial charge in [-0.25, -0.2) is 4.79 Å². The summed E-state index contributed by atoms with van der Waals surface area (Å²) in [6.07, 6.45) is 3.21. The Morgan fingerprint density at radius 1 is 0.808 bits per heavy atom. The van der Waals surface area contributed by atoms with E-state index >= 15 is 0 Å². The van der Waals surface area contributed by atoms with Gasteiger partial charge < -0.3 is 4.74 Å². The predicted octanol–water partition coefficient (Wildman–Crippen LogP) is 5.56. The van der Waals surface area contributed by atoms with Crippen molar-refractivity contribution in [2.45, 2.75) is 0 Å². The number of esters is 1. The molecule has 128 valence electrons. The Bertz CT molecular complexity index is 945. The smallest absolute Gasteiger partial charge is 0.343 e. The van der Waals surface area contributed by atoms with Crippen LogP contribution in [-0.4, -0.2) is 11.8 Å². The molecule has 0 atom stereocenters. The Labute approximate surface area is 160 Å². The van der Waals surface area contributed by atoms with E-state index in [2.05, 4.69) is 15.9 Å². The highest BCUT2D eigenvalue weighted by molar-refractivity contribution is 9.10. The summed E-state index contributed by atoms with van der Waals surface area (Å²) in [5.74, 6) is -0.0888. The van der Waals surface area contributed by atoms with E-state index in [4.69, 9.17) is 4.74 Å². The van der Waals surface area contributed by atoms with Crippen LogP contribution in [-0.2, 0) is 0 Å². The highest BCUT2D eigenvalue weighted by Crippen LogP contribution is 2.18. The third-order valence-electron chi connectivity index (χ3n) is 3.63. The fourth-order valence-corrected chi connectivity index (χ4v) is 2.57. The zero-order chi connectivity index (χ0) is 18.4. The lowest BCUT2D eigenvalue weighted by Crippen LogP contribution is -2.08. The second-order valence-electron chi connectivity index (χ2n) is 5.53. The van der Waals surface area contributed by atoms with E-state index in [0.717, 1.165) is 10.0 Å². The van der Waals surface area contributed by atoms with Gasteiger partial charge in [0.15, 0.2) is 5.78 Å². The minimum atomic E-state index is -0.431. The summed E-state index contributed by atoms with van der Waals surface area (Å²) in [4.78, 5) is 24.3. The average Bonchev–Trinajstić information content (AvgIpc) is 2.67. The van der Waals surface area contributed by atoms with Crippen molar-refractivity contribution < 1.29 is 14.3 Å². The first kappa shape index (κ1) is 17.8. The molecule has 0 aromatic heterocycles. The van der Waals surface area contributed by atoms with Crippen molar-refractivity contribution in [1.82, 2.24) is 0 Å². The molecule has 0 saturated heterocycles. The van der Waals surface area contributed by atoms with E-state index in [-0.39, 0.29) is 5.78 Å². The molecule has 4 heteroatoms. The molecule has 0 radical (unpaired) electrons. The molecule has 0 aliphatic rings. The number of ketones is 1. The van der Waals surface area contributed by atoms with Gasteiger partial charge >= 0.3 is 5.97 Å². The number of ether oxygens (including phenoxy) is 1. The van der Waals surface area contributed by atoms with Crippen LogP contribution in [0.2, 0.25) is 0 Å². The monoisotopic (exact) mass is 406 g/mol. The number of carbonyl (C=O) groups excluding carboxylic acids is 2. The summed E-state index contributed by atoms with van der Waals surface area (Å²) in [5, 5.41) is 0. The van der Waals surface area contributed by atoms with E-state index in [9.17, 15) is 9.59 Å². The molecule has 0 unspecified atom stereocenters. The largest absolute Gasteiger partial charge is 0.423 e. The molecule has 0 spiro atoms. The summed E-state index contributed by atoms with van der Waals surface area (Å²) >= 11 is 3.33. The fraction of sp³-hybridized carbons (Fsp3) is 0. The zero-order valence-corrected chi connectivity index (χ0v) is 15.3. The Kier molecular flexibility index (Phi) is 5.77. The number of rotatable bonds is 5. The number of benzene rings is 3. The maximum atomic E-state index is 12.2. The lowest BCUT2D eigenvalue weighted by atomic mass is 10.1. The third-order valence-corrected chi connectivity index (χ3v) is 4.16. The molecule has 0 fully saturated rings. The molecule has 0 saturated carbocycles. The van der Waals surface area contributed by atoms with Gasteiger partial charge in [-0.2, -0.15) is 0 Å². The van der Waals surface area contributed by atoms with Crippen LogP contribution >= 0.6 is 15.9 Å². The zero-order valence-electron chi connectivity index (χ0n) is 13.8. The van der Waals surface area contributed by atoms with Crippen LogP contribution in [0.1, 0.15) is 26.3 Å². The predicted molar refractivity (Wildman–Crippen MR) is 105 cm³/mol. The van der Waals surface area contributed by atoms with Crippen LogP contribution in [0, 0.1) is 0 Å². The van der Waals surface area contributed by atoms with E-state index < -0.39 is 5.97 Å². The van der Waals surface area contributed by atoms with Crippen LogP contribution in [0.15, 0.2) is 89.4 Å². The number of hydrogen-bond acceptors (Lipinski definition) is 3. The molecule has 3 aromatic carbocycles. The van der Waals surface area contributed by atoms with Crippen molar-refractivity contribution in [3.05, 3.63) is 106 Å². The molecule has 3 rings (SSSR count). The van der Waals surface area contributed by atoms with Gasteiger partial charge in [-0.3, -0.25) is 4.79 Å². The molecule has 0 aliphatic heterocycles. The molecule has 0 amide bonds. The minimum Gasteiger partial charge on any atom is -0.423 e. The highest BCUT2D eigenvalue weighted by atomic mass is 79.9. The molecule has 26 heavy (non-hydrogen) atoms. The summed E-state index contributed by atoms with van der Waals surface area (Å²) in [6, 6.07) is 23.0. The maximum Gasteiger partial charge on any atom is 0.343 e. The van der Waals surface area contributed by atoms with Gasteiger partial charge in [0.05, 0.1) is 5.56 Å². The molecule has 0 bridgehead atoms. The summed E-state index contributed by atoms with van der Waals surface area (Å²) in [6.45, 7) is 0. The van der Waals surface area contributed by atoms with Crippen LogP contribution in [0.3, 0.4) is 0 Å². The van der Waals surface area contributed by atoms with E-state index in [0.29, 0.717) is 16.9 Å². The summed E-state index contributed by atoms with van der Waals surface area (Å²) in [7, 11) is 0. The number of halogens is 1. The van der Waals surface area contributed by atoms with Crippen LogP contribution in [0.4, 0.5) is 0 Å². The van der Waals surface area contributed by atoms with Gasteiger partial charge in [0, 0.05) is 10.0 Å². The van der Waals surface area contributed by atoms with Crippen molar-refractivity contribution in [1.29, 1.82) is 0 Å². The minimum absolute atomic E-state index is 0.0807. The van der Waals surface area contributed by atoms with E-state index in [1.165, 1.54) is 6.08 Å². The molecule has 0 N–H and O–H groups in total. The van der Waals surface area contributed by atoms with Gasteiger partial charge in [0.1, 0.15) is 5.75 Å². The second-order valence-corrected chi connectivity index (χ2v) is 6.45. The van der Waals surface area contributed by atoms with Gasteiger partial charge in [0.25, 0.3) is 0 Å². The van der Waals surface area contributed by atoms with E-state index in [1.54, 1.807) is 60.7 Å². The quantitative estimate of drug-likeness (QED) is 0.241. The molecule has 0 heterocycles. The molecular formula is C22H15BrO3. The van der Waals surface area contributed by atoms with Gasteiger partial charge in [0.2, 0.25) is 0 Å². The van der Waals surface area contributed by atoms with E-state index in [1.807, 2.05) is 24.3 Å². The van der Waals surface area contributed by atoms with Crippen molar-refractivity contribution in [2.24, 2.45) is 0 Å². The summed E-state index contributed by atoms with van der Waals surface area (Å²) in [5.41, 5.74) is 1.87. The Morgan fingerprint density at radius 3 is 2.27 bits per heavy atom. The first-order valence-corrected chi connectivity index (χ1v) is 8.76. The van der Waals surface area contributed by atoms with Crippen molar-refractivity contribution >= 4 is 33.8 Å². The molecule has 3 aromatic rings. The molecule has 3 nitrogen and oxygen atoms in total. The van der Waals surface area contributed by atoms with Crippen molar-refractivity contribution in [3.8, 4) is 5.75 Å². The third kappa shape index (κ3) is 4.77. The lowest BCUT2D eigenvalue weighted by Gasteiger charge is -2.05. The highest BCUT2D eigenvalue weighted by Gasteiger charge is 2.08. The van der Waals surface area contributed by atoms with Crippen molar-refractivity contribution in [2.75, 3.05) is 0 Å². The Hall–Kier alpha value is -2.98. The second kappa shape index (κ2) is 8.41. The van der Waals surface area contributed by atoms with Gasteiger partial charge in [-0.15, -0.1) is 0 Å². The molecule has 0 aliphatic carbocycles. The van der Waals surface area contributed by atoms with Crippen LogP contribution in [0.5, 0.6) is 5.75 Å². The van der Waals surface area contributed by atoms with Gasteiger partial charge in [-0.05, 0) is 48.0 Å². The first-order chi connectivity index (χ1) is 12.6. The first-order valence-electron chi connectivity index (χ1n) is 7.97. The van der Waals surface area contributed by atoms with Crippen LogP contribution < -0.4 is 4.74 Å². The fourth-order valence-electron chi connectivity index (χ4n) is 2.30. The molecular weight excluding hydrogens is 392 g/mol. The Balaban J connectivity index is 1.70. The number of allylic oxidation sites excluding steroid dienone is 1. The number of carbonyl (C=O) groups is 2. The number of hydrogen-bond donors (Lipinski definition) is 0. The normalized spacial score (nSPS) is 10.7. The topological polar surface area (TPSA) is 43.4 Å². The maximum absolute atomic E-state index is 12.2. The lowest BCUT2D eigenvalue weighted by molar-refractivity contribution is 0.0734. The average molecular weight is 407 g/mol. The Morgan fingerprint density at radius 2 is 1.54 bits per heavy atom. The van der Waals surface area contributed by atoms with Crippen molar-refractivity contribution in [3.63, 3.8) is 0 Å². The summed E-state index contributed by atoms with van der Waals surface area (Å²) < 4.78 is 6.29. The van der Waals surface area contributed by atoms with Gasteiger partial charge in [-0.1, -0.05) is 64.5 Å². The SMILES string of the molecule is O=C(C=Cc1cccc(OC(=O)c2ccc(Br)cc2)c1)c1ccccc1. The standard InChI is InChI=1S/C22H15BrO3/c23-19-12-10-18(11-13-19)22(25)26-20-8-4-5-16(15-20)9-14-21(24)17-6-2-1-3-7-17/h1-15H. The van der Waals surface area contributed by atoms with Crippen LogP contribution in [0.25, 0.3) is 6.08 Å².